The van der Waals surface area contributed by atoms with Gasteiger partial charge in [-0.3, -0.25) is 0 Å². The Morgan fingerprint density at radius 1 is 1.38 bits per heavy atom. The van der Waals surface area contributed by atoms with Gasteiger partial charge in [-0.1, -0.05) is 6.92 Å². The minimum atomic E-state index is 0.0130. The van der Waals surface area contributed by atoms with Gasteiger partial charge in [0.2, 0.25) is 0 Å². The predicted octanol–water partition coefficient (Wildman–Crippen LogP) is 3.06. The number of hydrogen-bond donors (Lipinski definition) is 1. The number of rotatable bonds is 6. The second-order valence-corrected chi connectivity index (χ2v) is 6.66. The third-order valence-corrected chi connectivity index (χ3v) is 3.68. The van der Waals surface area contributed by atoms with Crippen molar-refractivity contribution in [1.82, 2.24) is 5.32 Å². The lowest BCUT2D eigenvalue weighted by atomic mass is 9.88. The Hall–Kier alpha value is 0.270. The molecule has 0 bridgehead atoms. The van der Waals surface area contributed by atoms with Crippen molar-refractivity contribution in [2.24, 2.45) is 0 Å². The van der Waals surface area contributed by atoms with E-state index in [9.17, 15) is 0 Å². The van der Waals surface area contributed by atoms with Crippen LogP contribution in [0.1, 0.15) is 47.0 Å². The molecule has 96 valence electrons. The van der Waals surface area contributed by atoms with Gasteiger partial charge in [0.05, 0.1) is 11.7 Å². The summed E-state index contributed by atoms with van der Waals surface area (Å²) in [6.45, 7) is 8.67. The van der Waals surface area contributed by atoms with E-state index in [4.69, 9.17) is 4.74 Å². The van der Waals surface area contributed by atoms with Crippen molar-refractivity contribution in [2.45, 2.75) is 70.7 Å². The fourth-order valence-electron chi connectivity index (χ4n) is 2.12. The highest BCUT2D eigenvalue weighted by Gasteiger charge is 2.33. The second-order valence-electron chi connectivity index (χ2n) is 5.75. The Kier molecular flexibility index (Phi) is 5.62. The molecule has 0 aromatic rings. The largest absolute Gasteiger partial charge is 0.373 e. The van der Waals surface area contributed by atoms with Gasteiger partial charge in [-0.15, -0.1) is 0 Å². The molecular formula is C13H27NOS. The SMILES string of the molecule is CCC(CSC)NC1CC(OC(C)(C)C)C1. The van der Waals surface area contributed by atoms with Gasteiger partial charge >= 0.3 is 0 Å². The van der Waals surface area contributed by atoms with Gasteiger partial charge in [-0.25, -0.2) is 0 Å². The molecule has 1 aliphatic rings. The van der Waals surface area contributed by atoms with Crippen molar-refractivity contribution in [1.29, 1.82) is 0 Å². The van der Waals surface area contributed by atoms with Gasteiger partial charge in [0.25, 0.3) is 0 Å². The number of hydrogen-bond acceptors (Lipinski definition) is 3. The molecule has 0 aliphatic heterocycles. The third-order valence-electron chi connectivity index (χ3n) is 2.95. The summed E-state index contributed by atoms with van der Waals surface area (Å²) in [5, 5.41) is 3.72. The molecule has 0 saturated heterocycles. The molecule has 1 atom stereocenters. The number of thioether (sulfide) groups is 1. The summed E-state index contributed by atoms with van der Waals surface area (Å²) >= 11 is 1.93. The van der Waals surface area contributed by atoms with Gasteiger partial charge in [0.15, 0.2) is 0 Å². The summed E-state index contributed by atoms with van der Waals surface area (Å²) in [5.41, 5.74) is 0.0130. The lowest BCUT2D eigenvalue weighted by Crippen LogP contribution is -2.51. The minimum Gasteiger partial charge on any atom is -0.373 e. The Morgan fingerprint density at radius 2 is 2.00 bits per heavy atom. The van der Waals surface area contributed by atoms with Crippen LogP contribution < -0.4 is 5.32 Å². The second kappa shape index (κ2) is 6.27. The summed E-state index contributed by atoms with van der Waals surface area (Å²) in [6.07, 6.45) is 6.24. The Labute approximate surface area is 105 Å². The van der Waals surface area contributed by atoms with E-state index in [2.05, 4.69) is 39.3 Å². The van der Waals surface area contributed by atoms with E-state index in [1.165, 1.54) is 25.0 Å². The van der Waals surface area contributed by atoms with Gasteiger partial charge in [0, 0.05) is 17.8 Å². The van der Waals surface area contributed by atoms with Crippen LogP contribution >= 0.6 is 11.8 Å². The van der Waals surface area contributed by atoms with Crippen LogP contribution in [-0.4, -0.2) is 35.8 Å². The van der Waals surface area contributed by atoms with Crippen molar-refractivity contribution < 1.29 is 4.74 Å². The first kappa shape index (κ1) is 14.3. The third kappa shape index (κ3) is 5.07. The molecule has 1 N–H and O–H groups in total. The molecule has 1 rings (SSSR count). The van der Waals surface area contributed by atoms with Crippen molar-refractivity contribution in [2.75, 3.05) is 12.0 Å². The van der Waals surface area contributed by atoms with Crippen LogP contribution in [0.25, 0.3) is 0 Å². The summed E-state index contributed by atoms with van der Waals surface area (Å²) in [7, 11) is 0. The molecule has 1 unspecified atom stereocenters. The fraction of sp³-hybridized carbons (Fsp3) is 1.00. The zero-order chi connectivity index (χ0) is 12.2. The Morgan fingerprint density at radius 3 is 2.44 bits per heavy atom. The molecule has 0 heterocycles. The van der Waals surface area contributed by atoms with E-state index in [1.54, 1.807) is 0 Å². The van der Waals surface area contributed by atoms with Gasteiger partial charge in [-0.2, -0.15) is 11.8 Å². The predicted molar refractivity (Wildman–Crippen MR) is 73.2 cm³/mol. The van der Waals surface area contributed by atoms with E-state index >= 15 is 0 Å². The monoisotopic (exact) mass is 245 g/mol. The summed E-state index contributed by atoms with van der Waals surface area (Å²) < 4.78 is 5.93. The van der Waals surface area contributed by atoms with Crippen LogP contribution in [0.4, 0.5) is 0 Å². The lowest BCUT2D eigenvalue weighted by Gasteiger charge is -2.41. The number of ether oxygens (including phenoxy) is 1. The van der Waals surface area contributed by atoms with E-state index in [0.29, 0.717) is 18.2 Å². The van der Waals surface area contributed by atoms with Gasteiger partial charge in [0.1, 0.15) is 0 Å². The standard InChI is InChI=1S/C13H27NOS/c1-6-10(9-16-5)14-11-7-12(8-11)15-13(2,3)4/h10-12,14H,6-9H2,1-5H3. The Balaban J connectivity index is 2.15. The highest BCUT2D eigenvalue weighted by Crippen LogP contribution is 2.28. The lowest BCUT2D eigenvalue weighted by molar-refractivity contribution is -0.103. The molecule has 0 amide bonds. The molecule has 0 spiro atoms. The van der Waals surface area contributed by atoms with Crippen LogP contribution in [0.5, 0.6) is 0 Å². The van der Waals surface area contributed by atoms with Crippen molar-refractivity contribution in [3.05, 3.63) is 0 Å². The molecule has 3 heteroatoms. The first-order chi connectivity index (χ1) is 7.44. The van der Waals surface area contributed by atoms with Crippen LogP contribution in [0.15, 0.2) is 0 Å². The topological polar surface area (TPSA) is 21.3 Å². The molecule has 2 nitrogen and oxygen atoms in total. The molecular weight excluding hydrogens is 218 g/mol. The first-order valence-corrected chi connectivity index (χ1v) is 7.76. The maximum Gasteiger partial charge on any atom is 0.0612 e. The first-order valence-electron chi connectivity index (χ1n) is 6.37. The van der Waals surface area contributed by atoms with Crippen LogP contribution in [0, 0.1) is 0 Å². The number of nitrogens with one attached hydrogen (secondary N) is 1. The Bertz CT molecular complexity index is 197. The highest BCUT2D eigenvalue weighted by atomic mass is 32.2. The zero-order valence-corrected chi connectivity index (χ0v) is 12.2. The van der Waals surface area contributed by atoms with Crippen molar-refractivity contribution >= 4 is 11.8 Å². The average molecular weight is 245 g/mol. The average Bonchev–Trinajstić information content (AvgIpc) is 2.11. The van der Waals surface area contributed by atoms with Gasteiger partial charge in [-0.05, 0) is 46.3 Å². The highest BCUT2D eigenvalue weighted by molar-refractivity contribution is 7.98. The maximum absolute atomic E-state index is 5.93. The molecule has 0 radical (unpaired) electrons. The van der Waals surface area contributed by atoms with E-state index in [-0.39, 0.29) is 5.60 Å². The molecule has 1 fully saturated rings. The smallest absolute Gasteiger partial charge is 0.0612 e. The minimum absolute atomic E-state index is 0.0130. The molecule has 0 aromatic heterocycles. The summed E-state index contributed by atoms with van der Waals surface area (Å²) in [6, 6.07) is 1.36. The fourth-order valence-corrected chi connectivity index (χ4v) is 2.85. The summed E-state index contributed by atoms with van der Waals surface area (Å²) in [4.78, 5) is 0. The van der Waals surface area contributed by atoms with Crippen molar-refractivity contribution in [3.63, 3.8) is 0 Å². The van der Waals surface area contributed by atoms with Crippen molar-refractivity contribution in [3.8, 4) is 0 Å². The van der Waals surface area contributed by atoms with Crippen LogP contribution in [0.2, 0.25) is 0 Å². The molecule has 1 aliphatic carbocycles. The zero-order valence-electron chi connectivity index (χ0n) is 11.4. The molecule has 1 saturated carbocycles. The quantitative estimate of drug-likeness (QED) is 0.777. The van der Waals surface area contributed by atoms with E-state index < -0.39 is 0 Å². The van der Waals surface area contributed by atoms with Crippen LogP contribution in [0.3, 0.4) is 0 Å². The van der Waals surface area contributed by atoms with Crippen LogP contribution in [-0.2, 0) is 4.74 Å². The molecule has 0 aromatic carbocycles. The van der Waals surface area contributed by atoms with E-state index in [0.717, 1.165) is 0 Å². The van der Waals surface area contributed by atoms with Gasteiger partial charge < -0.3 is 10.1 Å². The van der Waals surface area contributed by atoms with E-state index in [1.807, 2.05) is 11.8 Å². The summed E-state index contributed by atoms with van der Waals surface area (Å²) in [5.74, 6) is 1.22. The normalized spacial score (nSPS) is 27.6. The molecule has 16 heavy (non-hydrogen) atoms. The maximum atomic E-state index is 5.93.